The number of nitrogens with zero attached hydrogens (tertiary/aromatic N) is 3. The molecule has 0 radical (unpaired) electrons. The summed E-state index contributed by atoms with van der Waals surface area (Å²) in [6, 6.07) is 8.28. The second-order valence-corrected chi connectivity index (χ2v) is 7.65. The Kier molecular flexibility index (Phi) is 5.32. The smallest absolute Gasteiger partial charge is 0.192 e. The highest BCUT2D eigenvalue weighted by Crippen LogP contribution is 2.29. The minimum atomic E-state index is 0.420. The fourth-order valence-corrected chi connectivity index (χ4v) is 3.44. The van der Waals surface area contributed by atoms with Crippen LogP contribution in [0, 0.1) is 12.8 Å². The number of fused-ring (bicyclic) bond motifs is 1. The average Bonchev–Trinajstić information content (AvgIpc) is 2.88. The normalized spacial score (nSPS) is 11.7. The van der Waals surface area contributed by atoms with Crippen LogP contribution in [-0.2, 0) is 6.42 Å². The first-order valence-corrected chi connectivity index (χ1v) is 9.55. The van der Waals surface area contributed by atoms with Crippen LogP contribution in [0.15, 0.2) is 30.5 Å². The maximum Gasteiger partial charge on any atom is 0.192 e. The first-order valence-electron chi connectivity index (χ1n) is 8.67. The van der Waals surface area contributed by atoms with Crippen molar-refractivity contribution in [2.75, 3.05) is 0 Å². The molecule has 0 fully saturated rings. The third-order valence-corrected chi connectivity index (χ3v) is 4.84. The highest BCUT2D eigenvalue weighted by Gasteiger charge is 2.16. The molecule has 0 aliphatic heterocycles. The zero-order valence-electron chi connectivity index (χ0n) is 15.4. The van der Waals surface area contributed by atoms with Crippen LogP contribution in [0.3, 0.4) is 0 Å². The molecule has 2 aromatic heterocycles. The van der Waals surface area contributed by atoms with Gasteiger partial charge in [-0.15, -0.1) is 0 Å². The van der Waals surface area contributed by atoms with E-state index in [0.29, 0.717) is 11.8 Å². The maximum atomic E-state index is 5.30. The van der Waals surface area contributed by atoms with Gasteiger partial charge in [0.15, 0.2) is 23.0 Å². The molecule has 3 aromatic rings. The Morgan fingerprint density at radius 1 is 1.16 bits per heavy atom. The Bertz CT molecular complexity index is 899. The van der Waals surface area contributed by atoms with Crippen molar-refractivity contribution < 1.29 is 3.07 Å². The molecule has 0 aliphatic rings. The van der Waals surface area contributed by atoms with E-state index in [-0.39, 0.29) is 0 Å². The lowest BCUT2D eigenvalue weighted by atomic mass is 9.99. The van der Waals surface area contributed by atoms with Crippen molar-refractivity contribution in [2.24, 2.45) is 5.92 Å². The van der Waals surface area contributed by atoms with Gasteiger partial charge in [-0.3, -0.25) is 9.55 Å². The molecule has 1 aromatic carbocycles. The van der Waals surface area contributed by atoms with Gasteiger partial charge in [0.05, 0.1) is 22.9 Å². The van der Waals surface area contributed by atoms with Crippen LogP contribution in [0.4, 0.5) is 0 Å². The quantitative estimate of drug-likeness (QED) is 0.464. The summed E-state index contributed by atoms with van der Waals surface area (Å²) in [7, 11) is 0. The summed E-state index contributed by atoms with van der Waals surface area (Å²) >= 11 is 1.90. The molecule has 4 nitrogen and oxygen atoms in total. The lowest BCUT2D eigenvalue weighted by Crippen LogP contribution is -2.07. The Morgan fingerprint density at radius 3 is 2.56 bits per heavy atom. The Morgan fingerprint density at radius 2 is 1.92 bits per heavy atom. The summed E-state index contributed by atoms with van der Waals surface area (Å²) in [6.07, 6.45) is 3.02. The van der Waals surface area contributed by atoms with Crippen molar-refractivity contribution >= 4 is 34.0 Å². The van der Waals surface area contributed by atoms with E-state index in [2.05, 4.69) is 44.4 Å². The molecule has 0 saturated heterocycles. The van der Waals surface area contributed by atoms with E-state index in [1.807, 2.05) is 48.3 Å². The van der Waals surface area contributed by atoms with E-state index in [9.17, 15) is 0 Å². The van der Waals surface area contributed by atoms with Crippen molar-refractivity contribution in [1.82, 2.24) is 14.5 Å². The number of aromatic nitrogens is 3. The van der Waals surface area contributed by atoms with Crippen LogP contribution in [0.2, 0.25) is 0 Å². The number of imidazole rings is 1. The number of pyridine rings is 1. The number of benzene rings is 1. The molecule has 25 heavy (non-hydrogen) atoms. The van der Waals surface area contributed by atoms with Crippen LogP contribution in [0.1, 0.15) is 50.7 Å². The summed E-state index contributed by atoms with van der Waals surface area (Å²) < 4.78 is 7.51. The fourth-order valence-electron chi connectivity index (χ4n) is 3.16. The van der Waals surface area contributed by atoms with Gasteiger partial charge >= 0.3 is 0 Å². The molecule has 0 amide bonds. The topological polar surface area (TPSA) is 39.9 Å². The van der Waals surface area contributed by atoms with Crippen molar-refractivity contribution in [3.63, 3.8) is 0 Å². The zero-order chi connectivity index (χ0) is 18.1. The molecule has 0 aliphatic carbocycles. The predicted molar refractivity (Wildman–Crippen MR) is 111 cm³/mol. The van der Waals surface area contributed by atoms with Gasteiger partial charge < -0.3 is 3.07 Å². The minimum absolute atomic E-state index is 0.420. The molecule has 0 spiro atoms. The van der Waals surface area contributed by atoms with Crippen LogP contribution in [-0.4, -0.2) is 14.5 Å². The third kappa shape index (κ3) is 3.66. The van der Waals surface area contributed by atoms with Crippen molar-refractivity contribution in [1.29, 1.82) is 0 Å². The number of hydrogen-bond acceptors (Lipinski definition) is 3. The van der Waals surface area contributed by atoms with Crippen molar-refractivity contribution in [3.05, 3.63) is 47.5 Å². The summed E-state index contributed by atoms with van der Waals surface area (Å²) in [5, 5.41) is 0. The maximum absolute atomic E-state index is 5.30. The van der Waals surface area contributed by atoms with Gasteiger partial charge in [-0.1, -0.05) is 27.7 Å². The second kappa shape index (κ2) is 7.32. The molecule has 0 N–H and O–H groups in total. The first kappa shape index (κ1) is 18.2. The van der Waals surface area contributed by atoms with E-state index in [1.165, 1.54) is 5.56 Å². The lowest BCUT2D eigenvalue weighted by Gasteiger charge is -2.17. The summed E-state index contributed by atoms with van der Waals surface area (Å²) in [6.45, 7) is 10.9. The molecule has 2 heterocycles. The lowest BCUT2D eigenvalue weighted by molar-refractivity contribution is 0.641. The molecule has 0 bridgehead atoms. The van der Waals surface area contributed by atoms with Gasteiger partial charge in [0.1, 0.15) is 11.6 Å². The number of hydrogen-bond donors (Lipinski definition) is 0. The van der Waals surface area contributed by atoms with Crippen LogP contribution < -0.4 is 3.07 Å². The molecule has 5 heteroatoms. The number of aryl methyl sites for hydroxylation is 1. The van der Waals surface area contributed by atoms with Gasteiger partial charge in [-0.2, -0.15) is 0 Å². The van der Waals surface area contributed by atoms with Crippen LogP contribution >= 0.6 is 23.0 Å². The van der Waals surface area contributed by atoms with E-state index in [1.54, 1.807) is 0 Å². The van der Waals surface area contributed by atoms with Gasteiger partial charge in [-0.05, 0) is 48.9 Å². The number of halogens is 1. The molecule has 3 rings (SSSR count). The highest BCUT2D eigenvalue weighted by molar-refractivity contribution is 14.1. The monoisotopic (exact) mass is 449 g/mol. The molecule has 0 atom stereocenters. The van der Waals surface area contributed by atoms with E-state index >= 15 is 0 Å². The average molecular weight is 449 g/mol. The predicted octanol–water partition coefficient (Wildman–Crippen LogP) is 5.78. The molecular weight excluding hydrogens is 425 g/mol. The minimum Gasteiger partial charge on any atom is -0.428 e. The molecule has 0 saturated carbocycles. The summed E-state index contributed by atoms with van der Waals surface area (Å²) in [4.78, 5) is 9.44. The summed E-state index contributed by atoms with van der Waals surface area (Å²) in [5.74, 6) is 2.78. The van der Waals surface area contributed by atoms with Gasteiger partial charge in [0.25, 0.3) is 0 Å². The Hall–Kier alpha value is -1.63. The summed E-state index contributed by atoms with van der Waals surface area (Å²) in [5.41, 5.74) is 5.61. The Labute approximate surface area is 163 Å². The van der Waals surface area contributed by atoms with E-state index in [4.69, 9.17) is 13.0 Å². The standard InChI is InChI=1S/C20H24IN3O/c1-12(2)8-15-9-17(13(3)4)22-11-20(15)24-14(5)23-18-10-16(25-21)6-7-19(18)24/h6-7,9-13H,8H2,1-5H3. The van der Waals surface area contributed by atoms with Gasteiger partial charge in [-0.25, -0.2) is 4.98 Å². The largest absolute Gasteiger partial charge is 0.428 e. The molecule has 0 unspecified atom stereocenters. The zero-order valence-corrected chi connectivity index (χ0v) is 17.5. The molecule has 132 valence electrons. The van der Waals surface area contributed by atoms with Crippen molar-refractivity contribution in [2.45, 2.75) is 47.0 Å². The highest BCUT2D eigenvalue weighted by atomic mass is 127. The molecular formula is C20H24IN3O. The fraction of sp³-hybridized carbons (Fsp3) is 0.400. The SMILES string of the molecule is Cc1nc2cc(OI)ccc2n1-c1cnc(C(C)C)cc1CC(C)C. The van der Waals surface area contributed by atoms with Crippen molar-refractivity contribution in [3.8, 4) is 11.4 Å². The second-order valence-electron chi connectivity index (χ2n) is 7.21. The van der Waals surface area contributed by atoms with Gasteiger partial charge in [0.2, 0.25) is 0 Å². The third-order valence-electron chi connectivity index (χ3n) is 4.33. The van der Waals surface area contributed by atoms with Gasteiger partial charge in [0, 0.05) is 11.8 Å². The van der Waals surface area contributed by atoms with E-state index in [0.717, 1.165) is 40.4 Å². The first-order chi connectivity index (χ1) is 11.9. The van der Waals surface area contributed by atoms with E-state index < -0.39 is 0 Å². The number of rotatable bonds is 5. The van der Waals surface area contributed by atoms with Crippen LogP contribution in [0.25, 0.3) is 16.7 Å². The van der Waals surface area contributed by atoms with Crippen LogP contribution in [0.5, 0.6) is 5.75 Å². The Balaban J connectivity index is 2.21.